The largest absolute Gasteiger partial charge is 0.241 e. The second-order valence-electron chi connectivity index (χ2n) is 3.43. The normalized spacial score (nSPS) is 10.8. The quantitative estimate of drug-likeness (QED) is 0.608. The molecule has 0 aromatic carbocycles. The van der Waals surface area contributed by atoms with E-state index < -0.39 is 0 Å². The van der Waals surface area contributed by atoms with Gasteiger partial charge in [-0.05, 0) is 37.0 Å². The maximum Gasteiger partial charge on any atom is 0.129 e. The first kappa shape index (κ1) is 9.53. The first-order valence-electron chi connectivity index (χ1n) is 4.16. The lowest BCUT2D eigenvalue weighted by Gasteiger charge is -2.10. The number of pyridine rings is 1. The van der Waals surface area contributed by atoms with Gasteiger partial charge in [-0.25, -0.2) is 4.98 Å². The Kier molecular flexibility index (Phi) is 2.73. The molecule has 12 heavy (non-hydrogen) atoms. The van der Waals surface area contributed by atoms with Crippen molar-refractivity contribution in [3.8, 4) is 0 Å². The number of hydrogen-bond acceptors (Lipinski definition) is 1. The molecule has 0 bridgehead atoms. The Balaban J connectivity index is 3.28. The minimum Gasteiger partial charge on any atom is -0.241 e. The Morgan fingerprint density at radius 3 is 2.42 bits per heavy atom. The zero-order chi connectivity index (χ0) is 9.30. The topological polar surface area (TPSA) is 12.9 Å². The van der Waals surface area contributed by atoms with Gasteiger partial charge in [0.15, 0.2) is 0 Å². The Hall–Kier alpha value is -0.560. The molecule has 2 heteroatoms. The van der Waals surface area contributed by atoms with Crippen LogP contribution in [0.1, 0.15) is 36.6 Å². The second-order valence-corrected chi connectivity index (χ2v) is 3.81. The fourth-order valence-corrected chi connectivity index (χ4v) is 1.54. The van der Waals surface area contributed by atoms with Crippen molar-refractivity contribution < 1.29 is 0 Å². The lowest BCUT2D eigenvalue weighted by molar-refractivity contribution is 0.808. The Morgan fingerprint density at radius 2 is 1.92 bits per heavy atom. The molecule has 0 aliphatic rings. The zero-order valence-electron chi connectivity index (χ0n) is 7.98. The molecule has 0 fully saturated rings. The molecule has 1 heterocycles. The van der Waals surface area contributed by atoms with E-state index in [0.717, 1.165) is 5.69 Å². The predicted octanol–water partition coefficient (Wildman–Crippen LogP) is 3.48. The van der Waals surface area contributed by atoms with E-state index in [4.69, 9.17) is 11.6 Å². The highest BCUT2D eigenvalue weighted by Crippen LogP contribution is 2.22. The van der Waals surface area contributed by atoms with Crippen molar-refractivity contribution >= 4 is 11.6 Å². The molecule has 1 aromatic rings. The van der Waals surface area contributed by atoms with Crippen LogP contribution in [0.5, 0.6) is 0 Å². The molecular weight excluding hydrogens is 170 g/mol. The van der Waals surface area contributed by atoms with Crippen molar-refractivity contribution in [3.05, 3.63) is 28.0 Å². The zero-order valence-corrected chi connectivity index (χ0v) is 8.74. The molecular formula is C10H14ClN. The first-order chi connectivity index (χ1) is 5.52. The van der Waals surface area contributed by atoms with Crippen LogP contribution in [0.15, 0.2) is 6.07 Å². The molecule has 0 atom stereocenters. The van der Waals surface area contributed by atoms with Crippen molar-refractivity contribution in [2.45, 2.75) is 33.6 Å². The van der Waals surface area contributed by atoms with Crippen LogP contribution in [0.25, 0.3) is 0 Å². The molecule has 0 radical (unpaired) electrons. The molecule has 0 unspecified atom stereocenters. The van der Waals surface area contributed by atoms with E-state index in [-0.39, 0.29) is 0 Å². The highest BCUT2D eigenvalue weighted by Gasteiger charge is 2.08. The van der Waals surface area contributed by atoms with Crippen LogP contribution < -0.4 is 0 Å². The summed E-state index contributed by atoms with van der Waals surface area (Å²) in [7, 11) is 0. The molecule has 0 aliphatic carbocycles. The molecule has 0 amide bonds. The minimum absolute atomic E-state index is 0.447. The molecule has 0 saturated carbocycles. The predicted molar refractivity (Wildman–Crippen MR) is 52.8 cm³/mol. The maximum atomic E-state index is 5.86. The summed E-state index contributed by atoms with van der Waals surface area (Å²) in [6.45, 7) is 8.42. The van der Waals surface area contributed by atoms with Crippen LogP contribution in [0.4, 0.5) is 0 Å². The third-order valence-corrected chi connectivity index (χ3v) is 2.28. The average molecular weight is 184 g/mol. The van der Waals surface area contributed by atoms with Gasteiger partial charge < -0.3 is 0 Å². The van der Waals surface area contributed by atoms with Gasteiger partial charge in [-0.2, -0.15) is 0 Å². The molecule has 0 N–H and O–H groups in total. The van der Waals surface area contributed by atoms with Crippen LogP contribution in [0.3, 0.4) is 0 Å². The van der Waals surface area contributed by atoms with Crippen molar-refractivity contribution in [2.75, 3.05) is 0 Å². The van der Waals surface area contributed by atoms with Crippen LogP contribution in [0.2, 0.25) is 5.15 Å². The summed E-state index contributed by atoms with van der Waals surface area (Å²) in [5, 5.41) is 0.599. The SMILES string of the molecule is Cc1cc(Cl)nc(C(C)C)c1C. The number of aromatic nitrogens is 1. The summed E-state index contributed by atoms with van der Waals surface area (Å²) in [4.78, 5) is 4.30. The van der Waals surface area contributed by atoms with Crippen molar-refractivity contribution in [1.29, 1.82) is 0 Å². The van der Waals surface area contributed by atoms with Gasteiger partial charge in [0.1, 0.15) is 5.15 Å². The molecule has 66 valence electrons. The summed E-state index contributed by atoms with van der Waals surface area (Å²) in [6, 6.07) is 1.91. The van der Waals surface area contributed by atoms with Gasteiger partial charge in [-0.15, -0.1) is 0 Å². The van der Waals surface area contributed by atoms with E-state index in [9.17, 15) is 0 Å². The Morgan fingerprint density at radius 1 is 1.33 bits per heavy atom. The lowest BCUT2D eigenvalue weighted by Crippen LogP contribution is -1.98. The summed E-state index contributed by atoms with van der Waals surface area (Å²) in [5.74, 6) is 0.447. The highest BCUT2D eigenvalue weighted by molar-refractivity contribution is 6.29. The van der Waals surface area contributed by atoms with E-state index in [0.29, 0.717) is 11.1 Å². The molecule has 1 nitrogen and oxygen atoms in total. The molecule has 1 rings (SSSR count). The first-order valence-corrected chi connectivity index (χ1v) is 4.53. The number of hydrogen-bond donors (Lipinski definition) is 0. The van der Waals surface area contributed by atoms with Gasteiger partial charge in [0, 0.05) is 5.69 Å². The molecule has 0 aliphatic heterocycles. The van der Waals surface area contributed by atoms with Gasteiger partial charge in [0.2, 0.25) is 0 Å². The summed E-state index contributed by atoms with van der Waals surface area (Å²) >= 11 is 5.86. The molecule has 0 spiro atoms. The molecule has 1 aromatic heterocycles. The third-order valence-electron chi connectivity index (χ3n) is 2.09. The van der Waals surface area contributed by atoms with E-state index in [1.54, 1.807) is 0 Å². The van der Waals surface area contributed by atoms with Gasteiger partial charge in [0.05, 0.1) is 0 Å². The van der Waals surface area contributed by atoms with Gasteiger partial charge >= 0.3 is 0 Å². The van der Waals surface area contributed by atoms with Gasteiger partial charge in [-0.1, -0.05) is 25.4 Å². The Labute approximate surface area is 78.8 Å². The fraction of sp³-hybridized carbons (Fsp3) is 0.500. The Bertz CT molecular complexity index is 292. The van der Waals surface area contributed by atoms with E-state index in [1.807, 2.05) is 6.07 Å². The smallest absolute Gasteiger partial charge is 0.129 e. The van der Waals surface area contributed by atoms with Crippen LogP contribution >= 0.6 is 11.6 Å². The summed E-state index contributed by atoms with van der Waals surface area (Å²) in [6.07, 6.45) is 0. The third kappa shape index (κ3) is 1.78. The van der Waals surface area contributed by atoms with Crippen molar-refractivity contribution in [2.24, 2.45) is 0 Å². The van der Waals surface area contributed by atoms with E-state index in [2.05, 4.69) is 32.7 Å². The van der Waals surface area contributed by atoms with Crippen LogP contribution in [-0.2, 0) is 0 Å². The number of nitrogens with zero attached hydrogens (tertiary/aromatic N) is 1. The standard InChI is InChI=1S/C10H14ClN/c1-6(2)10-8(4)7(3)5-9(11)12-10/h5-6H,1-4H3. The van der Waals surface area contributed by atoms with Crippen LogP contribution in [-0.4, -0.2) is 4.98 Å². The summed E-state index contributed by atoms with van der Waals surface area (Å²) in [5.41, 5.74) is 3.59. The number of aryl methyl sites for hydroxylation is 1. The molecule has 0 saturated heterocycles. The van der Waals surface area contributed by atoms with E-state index in [1.165, 1.54) is 11.1 Å². The maximum absolute atomic E-state index is 5.86. The number of rotatable bonds is 1. The van der Waals surface area contributed by atoms with Crippen LogP contribution in [0, 0.1) is 13.8 Å². The lowest BCUT2D eigenvalue weighted by atomic mass is 10.0. The monoisotopic (exact) mass is 183 g/mol. The highest BCUT2D eigenvalue weighted by atomic mass is 35.5. The van der Waals surface area contributed by atoms with Crippen molar-refractivity contribution in [3.63, 3.8) is 0 Å². The minimum atomic E-state index is 0.447. The average Bonchev–Trinajstić information content (AvgIpc) is 1.96. The van der Waals surface area contributed by atoms with Gasteiger partial charge in [-0.3, -0.25) is 0 Å². The van der Waals surface area contributed by atoms with Gasteiger partial charge in [0.25, 0.3) is 0 Å². The van der Waals surface area contributed by atoms with Crippen molar-refractivity contribution in [1.82, 2.24) is 4.98 Å². The second kappa shape index (κ2) is 3.44. The van der Waals surface area contributed by atoms with E-state index >= 15 is 0 Å². The number of halogens is 1. The summed E-state index contributed by atoms with van der Waals surface area (Å²) < 4.78 is 0. The fourth-order valence-electron chi connectivity index (χ4n) is 1.28.